The highest BCUT2D eigenvalue weighted by Crippen LogP contribution is 2.21. The minimum absolute atomic E-state index is 0. The summed E-state index contributed by atoms with van der Waals surface area (Å²) in [5.74, 6) is 0.453. The zero-order valence-corrected chi connectivity index (χ0v) is 16.2. The average molecular weight is 420 g/mol. The number of carbonyl (C=O) groups excluding carboxylic acids is 1. The smallest absolute Gasteiger partial charge is 0.327 e. The van der Waals surface area contributed by atoms with E-state index in [1.807, 2.05) is 64.6 Å². The van der Waals surface area contributed by atoms with Crippen LogP contribution in [0.3, 0.4) is 0 Å². The van der Waals surface area contributed by atoms with Gasteiger partial charge in [-0.15, -0.1) is 17.0 Å². The van der Waals surface area contributed by atoms with Crippen molar-refractivity contribution in [3.05, 3.63) is 65.5 Å². The first-order valence-corrected chi connectivity index (χ1v) is 8.42. The molecule has 0 saturated carbocycles. The lowest BCUT2D eigenvalue weighted by Gasteiger charge is -2.05. The van der Waals surface area contributed by atoms with E-state index < -0.39 is 0 Å². The zero-order valence-electron chi connectivity index (χ0n) is 13.7. The van der Waals surface area contributed by atoms with Crippen molar-refractivity contribution in [1.29, 1.82) is 0 Å². The van der Waals surface area contributed by atoms with Gasteiger partial charge in [0.2, 0.25) is 4.80 Å². The van der Waals surface area contributed by atoms with Crippen LogP contribution in [0.1, 0.15) is 6.92 Å². The largest absolute Gasteiger partial charge is 0.465 e. The number of benzene rings is 2. The Morgan fingerprint density at radius 3 is 2.40 bits per heavy atom. The van der Waals surface area contributed by atoms with E-state index in [-0.39, 0.29) is 29.5 Å². The van der Waals surface area contributed by atoms with Gasteiger partial charge in [-0.3, -0.25) is 4.79 Å². The van der Waals surface area contributed by atoms with E-state index in [2.05, 4.69) is 9.98 Å². The van der Waals surface area contributed by atoms with Crippen molar-refractivity contribution >= 4 is 34.5 Å². The number of rotatable bonds is 5. The Bertz CT molecular complexity index is 816. The van der Waals surface area contributed by atoms with Crippen LogP contribution in [-0.4, -0.2) is 28.1 Å². The van der Waals surface area contributed by atoms with E-state index in [0.717, 1.165) is 17.1 Å². The first-order valence-electron chi connectivity index (χ1n) is 7.65. The molecule has 130 valence electrons. The van der Waals surface area contributed by atoms with E-state index in [9.17, 15) is 4.79 Å². The van der Waals surface area contributed by atoms with Crippen molar-refractivity contribution < 1.29 is 9.53 Å². The van der Waals surface area contributed by atoms with E-state index in [4.69, 9.17) is 4.74 Å². The molecule has 0 aliphatic heterocycles. The maximum Gasteiger partial charge on any atom is 0.327 e. The highest BCUT2D eigenvalue weighted by atomic mass is 79.9. The van der Waals surface area contributed by atoms with Crippen LogP contribution in [0.25, 0.3) is 17.1 Å². The molecule has 0 unspecified atom stereocenters. The summed E-state index contributed by atoms with van der Waals surface area (Å²) in [6, 6.07) is 19.9. The molecule has 7 heteroatoms. The van der Waals surface area contributed by atoms with Crippen LogP contribution < -0.4 is 4.80 Å². The Morgan fingerprint density at radius 1 is 1.12 bits per heavy atom. The molecule has 0 spiro atoms. The molecule has 1 heterocycles. The third-order valence-corrected chi connectivity index (χ3v) is 4.19. The number of aromatic nitrogens is 2. The van der Waals surface area contributed by atoms with Crippen molar-refractivity contribution in [3.8, 4) is 17.1 Å². The summed E-state index contributed by atoms with van der Waals surface area (Å²) < 4.78 is 6.92. The molecule has 0 atom stereocenters. The van der Waals surface area contributed by atoms with Gasteiger partial charge in [0.15, 0.2) is 5.82 Å². The second-order valence-electron chi connectivity index (χ2n) is 4.93. The normalized spacial score (nSPS) is 11.0. The van der Waals surface area contributed by atoms with Gasteiger partial charge in [-0.2, -0.15) is 4.98 Å². The van der Waals surface area contributed by atoms with Crippen molar-refractivity contribution in [2.75, 3.05) is 13.2 Å². The van der Waals surface area contributed by atoms with E-state index >= 15 is 0 Å². The Kier molecular flexibility index (Phi) is 7.09. The highest BCUT2D eigenvalue weighted by molar-refractivity contribution is 8.93. The van der Waals surface area contributed by atoms with Crippen LogP contribution in [0.5, 0.6) is 0 Å². The molecule has 0 aliphatic rings. The summed E-state index contributed by atoms with van der Waals surface area (Å²) in [5.41, 5.74) is 2.00. The molecule has 2 aromatic carbocycles. The van der Waals surface area contributed by atoms with Gasteiger partial charge in [-0.25, -0.2) is 8.95 Å². The predicted molar refractivity (Wildman–Crippen MR) is 104 cm³/mol. The number of ether oxygens (including phenoxy) is 1. The maximum absolute atomic E-state index is 11.5. The van der Waals surface area contributed by atoms with E-state index in [1.54, 1.807) is 6.92 Å². The molecule has 3 rings (SSSR count). The highest BCUT2D eigenvalue weighted by Gasteiger charge is 2.10. The lowest BCUT2D eigenvalue weighted by Crippen LogP contribution is -2.11. The lowest BCUT2D eigenvalue weighted by atomic mass is 10.2. The molecule has 3 aromatic rings. The molecule has 0 N–H and O–H groups in total. The van der Waals surface area contributed by atoms with Crippen molar-refractivity contribution in [2.24, 2.45) is 4.99 Å². The molecule has 0 fully saturated rings. The Hall–Kier alpha value is -2.25. The number of esters is 1. The molecular weight excluding hydrogens is 402 g/mol. The molecular formula is C18H18BrN3O2S. The summed E-state index contributed by atoms with van der Waals surface area (Å²) in [6.45, 7) is 2.11. The van der Waals surface area contributed by atoms with Crippen LogP contribution in [0, 0.1) is 0 Å². The summed E-state index contributed by atoms with van der Waals surface area (Å²) >= 11 is 1.40. The first kappa shape index (κ1) is 19.1. The summed E-state index contributed by atoms with van der Waals surface area (Å²) in [7, 11) is 0. The number of para-hydroxylation sites is 1. The maximum atomic E-state index is 11.5. The molecule has 0 amide bonds. The first-order chi connectivity index (χ1) is 11.8. The monoisotopic (exact) mass is 419 g/mol. The third-order valence-electron chi connectivity index (χ3n) is 3.24. The number of nitrogens with zero attached hydrogens (tertiary/aromatic N) is 3. The van der Waals surface area contributed by atoms with Gasteiger partial charge in [-0.1, -0.05) is 48.5 Å². The minimum atomic E-state index is -0.347. The fourth-order valence-electron chi connectivity index (χ4n) is 2.19. The van der Waals surface area contributed by atoms with Crippen LogP contribution in [-0.2, 0) is 9.53 Å². The van der Waals surface area contributed by atoms with Gasteiger partial charge >= 0.3 is 5.97 Å². The van der Waals surface area contributed by atoms with Crippen LogP contribution in [0.2, 0.25) is 0 Å². The van der Waals surface area contributed by atoms with E-state index in [1.165, 1.54) is 11.5 Å². The van der Waals surface area contributed by atoms with Gasteiger partial charge in [0.1, 0.15) is 6.54 Å². The fraction of sp³-hybridized carbons (Fsp3) is 0.167. The average Bonchev–Trinajstić information content (AvgIpc) is 3.06. The van der Waals surface area contributed by atoms with Gasteiger partial charge in [0.05, 0.1) is 12.3 Å². The minimum Gasteiger partial charge on any atom is -0.465 e. The molecule has 0 radical (unpaired) electrons. The van der Waals surface area contributed by atoms with E-state index in [0.29, 0.717) is 11.4 Å². The van der Waals surface area contributed by atoms with Gasteiger partial charge < -0.3 is 4.74 Å². The number of hydrogen-bond acceptors (Lipinski definition) is 5. The summed E-state index contributed by atoms with van der Waals surface area (Å²) in [4.78, 5) is 20.9. The molecule has 0 bridgehead atoms. The van der Waals surface area contributed by atoms with Crippen molar-refractivity contribution in [3.63, 3.8) is 0 Å². The number of carbonyl (C=O) groups is 1. The SMILES string of the molecule is Br.CCOC(=O)C/N=c1\nc(-c2ccccc2)n(-c2ccccc2)s1. The Morgan fingerprint density at radius 2 is 1.76 bits per heavy atom. The number of halogens is 1. The third kappa shape index (κ3) is 4.87. The van der Waals surface area contributed by atoms with Gasteiger partial charge in [0, 0.05) is 5.56 Å². The second kappa shape index (κ2) is 9.29. The van der Waals surface area contributed by atoms with Crippen molar-refractivity contribution in [1.82, 2.24) is 8.94 Å². The quantitative estimate of drug-likeness (QED) is 0.593. The molecule has 0 saturated heterocycles. The zero-order chi connectivity index (χ0) is 16.8. The van der Waals surface area contributed by atoms with Crippen LogP contribution in [0.15, 0.2) is 65.7 Å². The topological polar surface area (TPSA) is 56.5 Å². The molecule has 25 heavy (non-hydrogen) atoms. The van der Waals surface area contributed by atoms with Crippen LogP contribution in [0.4, 0.5) is 0 Å². The molecule has 5 nitrogen and oxygen atoms in total. The summed E-state index contributed by atoms with van der Waals surface area (Å²) in [5, 5.41) is 0. The Labute approximate surface area is 160 Å². The molecule has 1 aromatic heterocycles. The Balaban J connectivity index is 0.00000225. The van der Waals surface area contributed by atoms with Crippen LogP contribution >= 0.6 is 28.5 Å². The second-order valence-corrected chi connectivity index (χ2v) is 5.84. The standard InChI is InChI=1S/C18H17N3O2S.BrH/c1-2-23-16(22)13-19-18-20-17(14-9-5-3-6-10-14)21(24-18)15-11-7-4-8-12-15;/h3-12H,2,13H2,1H3;1H/b19-18+;. The van der Waals surface area contributed by atoms with Gasteiger partial charge in [-0.05, 0) is 30.6 Å². The lowest BCUT2D eigenvalue weighted by molar-refractivity contribution is -0.141. The van der Waals surface area contributed by atoms with Crippen molar-refractivity contribution in [2.45, 2.75) is 6.92 Å². The molecule has 0 aliphatic carbocycles. The summed E-state index contributed by atoms with van der Waals surface area (Å²) in [6.07, 6.45) is 0. The predicted octanol–water partition coefficient (Wildman–Crippen LogP) is 3.64. The van der Waals surface area contributed by atoms with Gasteiger partial charge in [0.25, 0.3) is 0 Å². The fourth-order valence-corrected chi connectivity index (χ4v) is 3.06. The number of hydrogen-bond donors (Lipinski definition) is 0.